The van der Waals surface area contributed by atoms with Gasteiger partial charge in [0.1, 0.15) is 12.4 Å². The number of carbonyl (C=O) groups excluding carboxylic acids is 1. The molecule has 3 rings (SSSR count). The highest BCUT2D eigenvalue weighted by Gasteiger charge is 2.23. The van der Waals surface area contributed by atoms with Gasteiger partial charge >= 0.3 is 0 Å². The summed E-state index contributed by atoms with van der Waals surface area (Å²) in [6.07, 6.45) is 2.70. The van der Waals surface area contributed by atoms with Crippen molar-refractivity contribution in [2.75, 3.05) is 26.7 Å². The van der Waals surface area contributed by atoms with Gasteiger partial charge in [-0.05, 0) is 67.7 Å². The van der Waals surface area contributed by atoms with Crippen molar-refractivity contribution in [1.82, 2.24) is 10.2 Å². The summed E-state index contributed by atoms with van der Waals surface area (Å²) >= 11 is 5.91. The average Bonchev–Trinajstić information content (AvgIpc) is 2.68. The van der Waals surface area contributed by atoms with E-state index in [9.17, 15) is 4.79 Å². The quantitative estimate of drug-likeness (QED) is 0.784. The molecule has 1 heterocycles. The van der Waals surface area contributed by atoms with Crippen LogP contribution in [0.4, 0.5) is 0 Å². The topological polar surface area (TPSA) is 41.6 Å². The van der Waals surface area contributed by atoms with Crippen molar-refractivity contribution in [2.24, 2.45) is 5.92 Å². The molecule has 0 radical (unpaired) electrons. The first-order valence-corrected chi connectivity index (χ1v) is 9.90. The van der Waals surface area contributed by atoms with E-state index in [2.05, 4.69) is 5.32 Å². The molecule has 4 nitrogen and oxygen atoms in total. The van der Waals surface area contributed by atoms with Crippen LogP contribution in [0.15, 0.2) is 48.5 Å². The molecular formula is C22H27ClN2O2. The molecule has 5 heteroatoms. The van der Waals surface area contributed by atoms with Crippen LogP contribution in [0, 0.1) is 5.92 Å². The summed E-state index contributed by atoms with van der Waals surface area (Å²) in [5.41, 5.74) is 2.05. The summed E-state index contributed by atoms with van der Waals surface area (Å²) < 4.78 is 5.87. The summed E-state index contributed by atoms with van der Waals surface area (Å²) in [7, 11) is 1.97. The number of hydrogen-bond acceptors (Lipinski definition) is 3. The van der Waals surface area contributed by atoms with Crippen LogP contribution < -0.4 is 10.1 Å². The van der Waals surface area contributed by atoms with E-state index < -0.39 is 0 Å². The number of nitrogens with zero attached hydrogens (tertiary/aromatic N) is 1. The van der Waals surface area contributed by atoms with Gasteiger partial charge in [-0.25, -0.2) is 0 Å². The zero-order valence-electron chi connectivity index (χ0n) is 15.8. The number of rotatable bonds is 7. The van der Waals surface area contributed by atoms with E-state index in [1.807, 2.05) is 60.5 Å². The maximum absolute atomic E-state index is 12.7. The molecule has 0 bridgehead atoms. The van der Waals surface area contributed by atoms with Crippen LogP contribution in [0.25, 0.3) is 0 Å². The number of amides is 1. The Morgan fingerprint density at radius 2 is 2.04 bits per heavy atom. The average molecular weight is 387 g/mol. The molecule has 0 aromatic heterocycles. The van der Waals surface area contributed by atoms with Crippen molar-refractivity contribution >= 4 is 17.5 Å². The number of piperidine rings is 1. The first-order chi connectivity index (χ1) is 13.1. The molecule has 1 aliphatic heterocycles. The predicted molar refractivity (Wildman–Crippen MR) is 109 cm³/mol. The molecule has 0 saturated carbocycles. The highest BCUT2D eigenvalue weighted by molar-refractivity contribution is 6.30. The van der Waals surface area contributed by atoms with E-state index in [1.54, 1.807) is 0 Å². The SMILES string of the molecule is CNCC1CCCN(C(=O)Cc2cccc(OCc3ccc(Cl)cc3)c2)C1. The molecule has 2 aromatic rings. The number of benzene rings is 2. The standard InChI is InChI=1S/C22H27ClN2O2/c1-24-14-19-5-3-11-25(15-19)22(26)13-18-4-2-6-21(12-18)27-16-17-7-9-20(23)10-8-17/h2,4,6-10,12,19,24H,3,5,11,13-16H2,1H3. The smallest absolute Gasteiger partial charge is 0.227 e. The second-order valence-corrected chi connectivity index (χ2v) is 7.58. The zero-order valence-corrected chi connectivity index (χ0v) is 16.5. The molecule has 1 amide bonds. The summed E-state index contributed by atoms with van der Waals surface area (Å²) in [4.78, 5) is 14.7. The second-order valence-electron chi connectivity index (χ2n) is 7.15. The van der Waals surface area contributed by atoms with Crippen LogP contribution in [0.1, 0.15) is 24.0 Å². The maximum atomic E-state index is 12.7. The van der Waals surface area contributed by atoms with Gasteiger partial charge in [0.25, 0.3) is 0 Å². The van der Waals surface area contributed by atoms with Crippen molar-refractivity contribution < 1.29 is 9.53 Å². The van der Waals surface area contributed by atoms with E-state index in [4.69, 9.17) is 16.3 Å². The lowest BCUT2D eigenvalue weighted by atomic mass is 9.97. The van der Waals surface area contributed by atoms with Crippen molar-refractivity contribution in [1.29, 1.82) is 0 Å². The van der Waals surface area contributed by atoms with Gasteiger partial charge in [0.05, 0.1) is 6.42 Å². The minimum absolute atomic E-state index is 0.200. The molecule has 1 aliphatic rings. The summed E-state index contributed by atoms with van der Waals surface area (Å²) in [6.45, 7) is 3.17. The van der Waals surface area contributed by atoms with Crippen molar-refractivity contribution in [2.45, 2.75) is 25.9 Å². The molecule has 27 heavy (non-hydrogen) atoms. The van der Waals surface area contributed by atoms with E-state index in [0.29, 0.717) is 24.0 Å². The minimum atomic E-state index is 0.200. The number of nitrogens with one attached hydrogen (secondary N) is 1. The molecule has 1 saturated heterocycles. The van der Waals surface area contributed by atoms with Crippen LogP contribution >= 0.6 is 11.6 Å². The Labute approximate surface area is 166 Å². The monoisotopic (exact) mass is 386 g/mol. The van der Waals surface area contributed by atoms with Crippen LogP contribution in [-0.4, -0.2) is 37.5 Å². The molecule has 1 N–H and O–H groups in total. The highest BCUT2D eigenvalue weighted by atomic mass is 35.5. The fourth-order valence-electron chi connectivity index (χ4n) is 3.53. The van der Waals surface area contributed by atoms with E-state index in [-0.39, 0.29) is 5.91 Å². The fraction of sp³-hybridized carbons (Fsp3) is 0.409. The minimum Gasteiger partial charge on any atom is -0.489 e. The van der Waals surface area contributed by atoms with Gasteiger partial charge in [0.15, 0.2) is 0 Å². The zero-order chi connectivity index (χ0) is 19.1. The van der Waals surface area contributed by atoms with Gasteiger partial charge < -0.3 is 15.0 Å². The molecule has 144 valence electrons. The number of ether oxygens (including phenoxy) is 1. The lowest BCUT2D eigenvalue weighted by Gasteiger charge is -2.32. The summed E-state index contributed by atoms with van der Waals surface area (Å²) in [5.74, 6) is 1.54. The first kappa shape index (κ1) is 19.7. The van der Waals surface area contributed by atoms with Crippen molar-refractivity contribution in [3.8, 4) is 5.75 Å². The van der Waals surface area contributed by atoms with Crippen LogP contribution in [0.2, 0.25) is 5.02 Å². The normalized spacial score (nSPS) is 17.0. The van der Waals surface area contributed by atoms with Crippen molar-refractivity contribution in [3.63, 3.8) is 0 Å². The van der Waals surface area contributed by atoms with Crippen LogP contribution in [0.3, 0.4) is 0 Å². The van der Waals surface area contributed by atoms with E-state index in [1.165, 1.54) is 6.42 Å². The summed E-state index contributed by atoms with van der Waals surface area (Å²) in [6, 6.07) is 15.4. The number of likely N-dealkylation sites (tertiary alicyclic amines) is 1. The molecule has 1 unspecified atom stereocenters. The largest absolute Gasteiger partial charge is 0.489 e. The molecule has 0 aliphatic carbocycles. The molecule has 0 spiro atoms. The van der Waals surface area contributed by atoms with Crippen LogP contribution in [0.5, 0.6) is 5.75 Å². The molecular weight excluding hydrogens is 360 g/mol. The number of carbonyl (C=O) groups is 1. The van der Waals surface area contributed by atoms with Gasteiger partial charge in [-0.3, -0.25) is 4.79 Å². The molecule has 1 fully saturated rings. The number of hydrogen-bond donors (Lipinski definition) is 1. The maximum Gasteiger partial charge on any atom is 0.227 e. The lowest BCUT2D eigenvalue weighted by Crippen LogP contribution is -2.43. The van der Waals surface area contributed by atoms with Gasteiger partial charge in [-0.1, -0.05) is 35.9 Å². The third-order valence-electron chi connectivity index (χ3n) is 4.94. The third-order valence-corrected chi connectivity index (χ3v) is 5.19. The van der Waals surface area contributed by atoms with Gasteiger partial charge in [0.2, 0.25) is 5.91 Å². The van der Waals surface area contributed by atoms with E-state index >= 15 is 0 Å². The Morgan fingerprint density at radius 1 is 1.22 bits per heavy atom. The second kappa shape index (κ2) is 9.77. The third kappa shape index (κ3) is 5.98. The fourth-order valence-corrected chi connectivity index (χ4v) is 3.65. The van der Waals surface area contributed by atoms with Crippen LogP contribution in [-0.2, 0) is 17.8 Å². The molecule has 2 aromatic carbocycles. The Bertz CT molecular complexity index is 746. The van der Waals surface area contributed by atoms with Gasteiger partial charge in [-0.15, -0.1) is 0 Å². The predicted octanol–water partition coefficient (Wildman–Crippen LogP) is 3.92. The number of halogens is 1. The van der Waals surface area contributed by atoms with Gasteiger partial charge in [-0.2, -0.15) is 0 Å². The van der Waals surface area contributed by atoms with Gasteiger partial charge in [0, 0.05) is 18.1 Å². The Kier molecular flexibility index (Phi) is 7.13. The van der Waals surface area contributed by atoms with Crippen molar-refractivity contribution in [3.05, 3.63) is 64.7 Å². The van der Waals surface area contributed by atoms with E-state index in [0.717, 1.165) is 42.9 Å². The lowest BCUT2D eigenvalue weighted by molar-refractivity contribution is -0.132. The highest BCUT2D eigenvalue weighted by Crippen LogP contribution is 2.20. The summed E-state index contributed by atoms with van der Waals surface area (Å²) in [5, 5.41) is 3.94. The Morgan fingerprint density at radius 3 is 2.81 bits per heavy atom. The molecule has 1 atom stereocenters. The Hall–Kier alpha value is -2.04. The Balaban J connectivity index is 1.55. The first-order valence-electron chi connectivity index (χ1n) is 9.52.